The van der Waals surface area contributed by atoms with Gasteiger partial charge in [0.15, 0.2) is 5.96 Å². The molecule has 0 saturated carbocycles. The van der Waals surface area contributed by atoms with Gasteiger partial charge in [-0.3, -0.25) is 9.79 Å². The Morgan fingerprint density at radius 2 is 1.72 bits per heavy atom. The third-order valence-corrected chi connectivity index (χ3v) is 2.75. The number of amides is 2. The Bertz CT molecular complexity index is 422. The first-order valence-corrected chi connectivity index (χ1v) is 8.35. The lowest BCUT2D eigenvalue weighted by atomic mass is 10.2. The molecule has 25 heavy (non-hydrogen) atoms. The van der Waals surface area contributed by atoms with Crippen LogP contribution < -0.4 is 16.0 Å². The van der Waals surface area contributed by atoms with Crippen molar-refractivity contribution in [2.24, 2.45) is 4.99 Å². The Labute approximate surface area is 168 Å². The molecule has 2 amide bonds. The van der Waals surface area contributed by atoms with E-state index in [0.717, 1.165) is 6.54 Å². The summed E-state index contributed by atoms with van der Waals surface area (Å²) in [7, 11) is 3.47. The molecule has 0 aliphatic carbocycles. The maximum Gasteiger partial charge on any atom is 0.407 e. The summed E-state index contributed by atoms with van der Waals surface area (Å²) in [5.41, 5.74) is -0.492. The Kier molecular flexibility index (Phi) is 14.5. The lowest BCUT2D eigenvalue weighted by molar-refractivity contribution is -0.128. The van der Waals surface area contributed by atoms with Gasteiger partial charge in [0.05, 0.1) is 0 Å². The minimum atomic E-state index is -0.492. The van der Waals surface area contributed by atoms with Crippen LogP contribution in [0.3, 0.4) is 0 Å². The summed E-state index contributed by atoms with van der Waals surface area (Å²) in [5, 5.41) is 8.93. The van der Waals surface area contributed by atoms with Crippen molar-refractivity contribution in [2.75, 3.05) is 40.3 Å². The van der Waals surface area contributed by atoms with Crippen LogP contribution in [-0.2, 0) is 9.53 Å². The van der Waals surface area contributed by atoms with Crippen LogP contribution in [0.25, 0.3) is 0 Å². The van der Waals surface area contributed by atoms with Crippen molar-refractivity contribution in [3.05, 3.63) is 0 Å². The van der Waals surface area contributed by atoms with Crippen molar-refractivity contribution in [1.29, 1.82) is 0 Å². The first kappa shape index (κ1) is 26.0. The number of nitrogens with one attached hydrogen (secondary N) is 3. The monoisotopic (exact) mass is 471 g/mol. The number of hydrogen-bond donors (Lipinski definition) is 3. The number of carbonyl (C=O) groups excluding carboxylic acids is 2. The first-order chi connectivity index (χ1) is 11.2. The van der Waals surface area contributed by atoms with Gasteiger partial charge in [-0.2, -0.15) is 0 Å². The van der Waals surface area contributed by atoms with Crippen molar-refractivity contribution in [2.45, 2.75) is 46.1 Å². The minimum Gasteiger partial charge on any atom is -0.444 e. The quantitative estimate of drug-likeness (QED) is 0.216. The van der Waals surface area contributed by atoms with Gasteiger partial charge in [0.2, 0.25) is 5.91 Å². The van der Waals surface area contributed by atoms with E-state index >= 15 is 0 Å². The van der Waals surface area contributed by atoms with Crippen LogP contribution in [0.4, 0.5) is 4.79 Å². The third-order valence-electron chi connectivity index (χ3n) is 2.75. The largest absolute Gasteiger partial charge is 0.444 e. The van der Waals surface area contributed by atoms with E-state index < -0.39 is 11.7 Å². The van der Waals surface area contributed by atoms with Crippen LogP contribution in [0.1, 0.15) is 40.5 Å². The fourth-order valence-electron chi connectivity index (χ4n) is 1.63. The van der Waals surface area contributed by atoms with Gasteiger partial charge >= 0.3 is 6.09 Å². The first-order valence-electron chi connectivity index (χ1n) is 8.35. The molecular formula is C16H34IN5O3. The maximum absolute atomic E-state index is 11.5. The number of aliphatic imine (C=N–C) groups is 1. The van der Waals surface area contributed by atoms with Crippen molar-refractivity contribution >= 4 is 41.9 Å². The normalized spacial score (nSPS) is 11.2. The average Bonchev–Trinajstić information content (AvgIpc) is 2.44. The standard InChI is InChI=1S/C16H33N5O3.HI/c1-7-17-14(19-12-9-13(22)21(5)6)18-10-8-11-20-15(23)24-16(2,3)4;/h7-12H2,1-6H3,(H,20,23)(H2,17,18,19);1H. The van der Waals surface area contributed by atoms with Crippen molar-refractivity contribution in [3.63, 3.8) is 0 Å². The van der Waals surface area contributed by atoms with E-state index in [2.05, 4.69) is 20.9 Å². The molecule has 0 bridgehead atoms. The third kappa shape index (κ3) is 16.0. The van der Waals surface area contributed by atoms with Crippen LogP contribution in [0, 0.1) is 0 Å². The van der Waals surface area contributed by atoms with Crippen molar-refractivity contribution in [3.8, 4) is 0 Å². The Balaban J connectivity index is 0. The molecular weight excluding hydrogens is 437 g/mol. The highest BCUT2D eigenvalue weighted by atomic mass is 127. The Morgan fingerprint density at radius 3 is 2.24 bits per heavy atom. The number of guanidine groups is 1. The second-order valence-electron chi connectivity index (χ2n) is 6.51. The van der Waals surface area contributed by atoms with E-state index in [9.17, 15) is 9.59 Å². The molecule has 148 valence electrons. The highest BCUT2D eigenvalue weighted by molar-refractivity contribution is 14.0. The zero-order chi connectivity index (χ0) is 18.6. The number of nitrogens with zero attached hydrogens (tertiary/aromatic N) is 2. The van der Waals surface area contributed by atoms with E-state index in [-0.39, 0.29) is 29.9 Å². The second-order valence-corrected chi connectivity index (χ2v) is 6.51. The number of alkyl carbamates (subject to hydrolysis) is 1. The van der Waals surface area contributed by atoms with Gasteiger partial charge in [0.25, 0.3) is 0 Å². The lowest BCUT2D eigenvalue weighted by Crippen LogP contribution is -2.39. The molecule has 0 aromatic heterocycles. The molecule has 9 heteroatoms. The number of ether oxygens (including phenoxy) is 1. The molecule has 0 rings (SSSR count). The summed E-state index contributed by atoms with van der Waals surface area (Å²) in [5.74, 6) is 0.737. The van der Waals surface area contributed by atoms with Crippen molar-refractivity contribution in [1.82, 2.24) is 20.9 Å². The number of halogens is 1. The molecule has 0 atom stereocenters. The van der Waals surface area contributed by atoms with Gasteiger partial charge in [0.1, 0.15) is 5.60 Å². The fraction of sp³-hybridized carbons (Fsp3) is 0.812. The topological polar surface area (TPSA) is 95.1 Å². The minimum absolute atomic E-state index is 0. The van der Waals surface area contributed by atoms with Crippen molar-refractivity contribution < 1.29 is 14.3 Å². The fourth-order valence-corrected chi connectivity index (χ4v) is 1.63. The SMILES string of the molecule is CCNC(=NCCCNC(=O)OC(C)(C)C)NCCC(=O)N(C)C.I. The predicted octanol–water partition coefficient (Wildman–Crippen LogP) is 1.55. The average molecular weight is 471 g/mol. The van der Waals surface area contributed by atoms with Crippen LogP contribution in [0.15, 0.2) is 4.99 Å². The number of rotatable bonds is 8. The van der Waals surface area contributed by atoms with E-state index in [1.54, 1.807) is 19.0 Å². The van der Waals surface area contributed by atoms with Gasteiger partial charge in [-0.05, 0) is 34.1 Å². The number of carbonyl (C=O) groups is 2. The molecule has 0 spiro atoms. The predicted molar refractivity (Wildman–Crippen MR) is 112 cm³/mol. The molecule has 0 fully saturated rings. The summed E-state index contributed by atoms with van der Waals surface area (Å²) in [6, 6.07) is 0. The van der Waals surface area contributed by atoms with Gasteiger partial charge in [0, 0.05) is 46.7 Å². The summed E-state index contributed by atoms with van der Waals surface area (Å²) in [6.45, 7) is 9.78. The molecule has 0 radical (unpaired) electrons. The molecule has 0 aliphatic heterocycles. The summed E-state index contributed by atoms with van der Waals surface area (Å²) < 4.78 is 5.15. The van der Waals surface area contributed by atoms with Crippen LogP contribution in [0.2, 0.25) is 0 Å². The van der Waals surface area contributed by atoms with E-state index in [4.69, 9.17) is 4.74 Å². The van der Waals surface area contributed by atoms with E-state index in [1.165, 1.54) is 0 Å². The molecule has 3 N–H and O–H groups in total. The molecule has 0 aliphatic rings. The lowest BCUT2D eigenvalue weighted by Gasteiger charge is -2.19. The zero-order valence-electron chi connectivity index (χ0n) is 16.3. The van der Waals surface area contributed by atoms with Crippen LogP contribution in [-0.4, -0.2) is 68.7 Å². The Hall–Kier alpha value is -1.26. The smallest absolute Gasteiger partial charge is 0.407 e. The van der Waals surface area contributed by atoms with Gasteiger partial charge < -0.3 is 25.6 Å². The summed E-state index contributed by atoms with van der Waals surface area (Å²) in [4.78, 5) is 29.0. The molecule has 0 heterocycles. The highest BCUT2D eigenvalue weighted by Crippen LogP contribution is 2.06. The molecule has 0 unspecified atom stereocenters. The van der Waals surface area contributed by atoms with Gasteiger partial charge in [-0.25, -0.2) is 4.79 Å². The highest BCUT2D eigenvalue weighted by Gasteiger charge is 2.15. The van der Waals surface area contributed by atoms with E-state index in [0.29, 0.717) is 38.4 Å². The maximum atomic E-state index is 11.5. The summed E-state index contributed by atoms with van der Waals surface area (Å²) in [6.07, 6.45) is 0.697. The van der Waals surface area contributed by atoms with Gasteiger partial charge in [-0.1, -0.05) is 0 Å². The van der Waals surface area contributed by atoms with Gasteiger partial charge in [-0.15, -0.1) is 24.0 Å². The summed E-state index contributed by atoms with van der Waals surface area (Å²) >= 11 is 0. The molecule has 8 nitrogen and oxygen atoms in total. The molecule has 0 aromatic carbocycles. The van der Waals surface area contributed by atoms with Crippen LogP contribution in [0.5, 0.6) is 0 Å². The number of hydrogen-bond acceptors (Lipinski definition) is 4. The second kappa shape index (κ2) is 14.0. The molecule has 0 saturated heterocycles. The Morgan fingerprint density at radius 1 is 1.08 bits per heavy atom. The molecule has 0 aromatic rings. The zero-order valence-corrected chi connectivity index (χ0v) is 18.6. The van der Waals surface area contributed by atoms with Crippen LogP contribution >= 0.6 is 24.0 Å². The van der Waals surface area contributed by atoms with E-state index in [1.807, 2.05) is 27.7 Å².